The monoisotopic (exact) mass is 257 g/mol. The third kappa shape index (κ3) is 2.76. The predicted molar refractivity (Wildman–Crippen MR) is 62.7 cm³/mol. The van der Waals surface area contributed by atoms with Crippen LogP contribution in [0.3, 0.4) is 0 Å². The molecule has 1 aliphatic rings. The van der Waals surface area contributed by atoms with Crippen LogP contribution in [0.2, 0.25) is 5.02 Å². The first-order valence-electron chi connectivity index (χ1n) is 5.49. The van der Waals surface area contributed by atoms with Gasteiger partial charge in [-0.2, -0.15) is 0 Å². The van der Waals surface area contributed by atoms with Crippen LogP contribution in [-0.2, 0) is 11.2 Å². The van der Waals surface area contributed by atoms with Gasteiger partial charge in [0, 0.05) is 6.04 Å². The number of carbonyl (C=O) groups is 1. The maximum absolute atomic E-state index is 13.2. The fourth-order valence-corrected chi connectivity index (χ4v) is 2.35. The Labute approximate surface area is 104 Å². The van der Waals surface area contributed by atoms with Crippen LogP contribution in [0.1, 0.15) is 18.4 Å². The molecule has 2 atom stereocenters. The van der Waals surface area contributed by atoms with E-state index in [0.29, 0.717) is 12.8 Å². The highest BCUT2D eigenvalue weighted by molar-refractivity contribution is 6.31. The highest BCUT2D eigenvalue weighted by Crippen LogP contribution is 2.24. The molecule has 3 nitrogen and oxygen atoms in total. The highest BCUT2D eigenvalue weighted by atomic mass is 35.5. The Kier molecular flexibility index (Phi) is 3.64. The van der Waals surface area contributed by atoms with Gasteiger partial charge >= 0.3 is 5.97 Å². The number of rotatable bonds is 3. The zero-order chi connectivity index (χ0) is 12.4. The first-order chi connectivity index (χ1) is 8.08. The van der Waals surface area contributed by atoms with E-state index in [4.69, 9.17) is 16.7 Å². The van der Waals surface area contributed by atoms with Crippen LogP contribution < -0.4 is 5.32 Å². The smallest absolute Gasteiger partial charge is 0.320 e. The quantitative estimate of drug-likeness (QED) is 0.873. The molecule has 0 bridgehead atoms. The van der Waals surface area contributed by atoms with E-state index in [1.165, 1.54) is 6.07 Å². The van der Waals surface area contributed by atoms with Gasteiger partial charge in [-0.1, -0.05) is 23.7 Å². The molecule has 2 unspecified atom stereocenters. The topological polar surface area (TPSA) is 49.3 Å². The Morgan fingerprint density at radius 1 is 1.53 bits per heavy atom. The Hall–Kier alpha value is -1.13. The molecule has 1 aromatic carbocycles. The fourth-order valence-electron chi connectivity index (χ4n) is 2.15. The number of hydrogen-bond donors (Lipinski definition) is 2. The number of carboxylic acids is 1. The second kappa shape index (κ2) is 5.02. The highest BCUT2D eigenvalue weighted by Gasteiger charge is 2.29. The molecule has 5 heteroatoms. The maximum atomic E-state index is 13.2. The lowest BCUT2D eigenvalue weighted by atomic mass is 10.0. The Morgan fingerprint density at radius 3 is 2.94 bits per heavy atom. The van der Waals surface area contributed by atoms with Crippen molar-refractivity contribution < 1.29 is 14.3 Å². The molecule has 0 aromatic heterocycles. The SMILES string of the molecule is O=C(O)C1CCC(Cc2cccc(F)c2Cl)N1. The molecule has 1 fully saturated rings. The first-order valence-corrected chi connectivity index (χ1v) is 5.87. The van der Waals surface area contributed by atoms with E-state index >= 15 is 0 Å². The summed E-state index contributed by atoms with van der Waals surface area (Å²) in [4.78, 5) is 10.8. The lowest BCUT2D eigenvalue weighted by Gasteiger charge is -2.13. The number of carboxylic acid groups (broad SMARTS) is 1. The lowest BCUT2D eigenvalue weighted by molar-refractivity contribution is -0.139. The fraction of sp³-hybridized carbons (Fsp3) is 0.417. The summed E-state index contributed by atoms with van der Waals surface area (Å²) in [5.74, 6) is -1.27. The van der Waals surface area contributed by atoms with Gasteiger partial charge in [-0.3, -0.25) is 4.79 Å². The van der Waals surface area contributed by atoms with Crippen molar-refractivity contribution in [1.82, 2.24) is 5.32 Å². The summed E-state index contributed by atoms with van der Waals surface area (Å²) in [6.45, 7) is 0. The third-order valence-electron chi connectivity index (χ3n) is 3.04. The van der Waals surface area contributed by atoms with Crippen molar-refractivity contribution in [2.24, 2.45) is 0 Å². The molecule has 0 amide bonds. The van der Waals surface area contributed by atoms with Gasteiger partial charge in [0.1, 0.15) is 11.9 Å². The van der Waals surface area contributed by atoms with Gasteiger partial charge in [0.15, 0.2) is 0 Å². The third-order valence-corrected chi connectivity index (χ3v) is 3.46. The average molecular weight is 258 g/mol. The van der Waals surface area contributed by atoms with Crippen molar-refractivity contribution in [1.29, 1.82) is 0 Å². The largest absolute Gasteiger partial charge is 0.480 e. The van der Waals surface area contributed by atoms with Gasteiger partial charge in [0.25, 0.3) is 0 Å². The maximum Gasteiger partial charge on any atom is 0.320 e. The molecule has 1 saturated heterocycles. The second-order valence-electron chi connectivity index (χ2n) is 4.25. The number of benzene rings is 1. The van der Waals surface area contributed by atoms with Gasteiger partial charge in [-0.25, -0.2) is 4.39 Å². The first kappa shape index (κ1) is 12.3. The molecule has 1 heterocycles. The summed E-state index contributed by atoms with van der Waals surface area (Å²) in [5, 5.41) is 12.0. The van der Waals surface area contributed by atoms with Gasteiger partial charge in [0.05, 0.1) is 5.02 Å². The minimum Gasteiger partial charge on any atom is -0.480 e. The predicted octanol–water partition coefficient (Wildman–Crippen LogP) is 2.23. The van der Waals surface area contributed by atoms with Crippen LogP contribution in [0.15, 0.2) is 18.2 Å². The Morgan fingerprint density at radius 2 is 2.29 bits per heavy atom. The number of nitrogens with one attached hydrogen (secondary N) is 1. The van der Waals surface area contributed by atoms with E-state index in [9.17, 15) is 9.18 Å². The summed E-state index contributed by atoms with van der Waals surface area (Å²) in [6.07, 6.45) is 1.93. The average Bonchev–Trinajstić information content (AvgIpc) is 2.73. The van der Waals surface area contributed by atoms with E-state index in [0.717, 1.165) is 12.0 Å². The van der Waals surface area contributed by atoms with E-state index in [1.807, 2.05) is 0 Å². The van der Waals surface area contributed by atoms with Crippen molar-refractivity contribution in [3.8, 4) is 0 Å². The molecule has 2 N–H and O–H groups in total. The van der Waals surface area contributed by atoms with Gasteiger partial charge < -0.3 is 10.4 Å². The van der Waals surface area contributed by atoms with Crippen molar-refractivity contribution in [2.45, 2.75) is 31.3 Å². The number of aliphatic carboxylic acids is 1. The van der Waals surface area contributed by atoms with E-state index in [1.54, 1.807) is 12.1 Å². The minimum atomic E-state index is -0.835. The van der Waals surface area contributed by atoms with Crippen LogP contribution in [0.25, 0.3) is 0 Å². The molecule has 92 valence electrons. The summed E-state index contributed by atoms with van der Waals surface area (Å²) < 4.78 is 13.2. The number of halogens is 2. The van der Waals surface area contributed by atoms with Crippen molar-refractivity contribution in [3.63, 3.8) is 0 Å². The number of hydrogen-bond acceptors (Lipinski definition) is 2. The zero-order valence-electron chi connectivity index (χ0n) is 9.12. The van der Waals surface area contributed by atoms with Crippen LogP contribution in [0.5, 0.6) is 0 Å². The molecule has 0 spiro atoms. The summed E-state index contributed by atoms with van der Waals surface area (Å²) in [7, 11) is 0. The van der Waals surface area contributed by atoms with E-state index in [2.05, 4.69) is 5.32 Å². The lowest BCUT2D eigenvalue weighted by Crippen LogP contribution is -2.36. The Balaban J connectivity index is 2.03. The molecule has 2 rings (SSSR count). The van der Waals surface area contributed by atoms with Crippen LogP contribution in [-0.4, -0.2) is 23.2 Å². The molecular formula is C12H13ClFNO2. The van der Waals surface area contributed by atoms with Gasteiger partial charge in [-0.15, -0.1) is 0 Å². The van der Waals surface area contributed by atoms with Gasteiger partial charge in [-0.05, 0) is 30.9 Å². The summed E-state index contributed by atoms with van der Waals surface area (Å²) in [5.41, 5.74) is 0.718. The molecule has 1 aromatic rings. The molecule has 0 aliphatic carbocycles. The summed E-state index contributed by atoms with van der Waals surface area (Å²) in [6, 6.07) is 4.25. The summed E-state index contributed by atoms with van der Waals surface area (Å²) >= 11 is 5.85. The normalized spacial score (nSPS) is 23.9. The van der Waals surface area contributed by atoms with Crippen LogP contribution >= 0.6 is 11.6 Å². The van der Waals surface area contributed by atoms with Crippen molar-refractivity contribution >= 4 is 17.6 Å². The van der Waals surface area contributed by atoms with Crippen LogP contribution in [0, 0.1) is 5.82 Å². The van der Waals surface area contributed by atoms with Crippen molar-refractivity contribution in [3.05, 3.63) is 34.6 Å². The zero-order valence-corrected chi connectivity index (χ0v) is 9.88. The Bertz CT molecular complexity index is 439. The van der Waals surface area contributed by atoms with Gasteiger partial charge in [0.2, 0.25) is 0 Å². The van der Waals surface area contributed by atoms with E-state index < -0.39 is 17.8 Å². The van der Waals surface area contributed by atoms with E-state index in [-0.39, 0.29) is 11.1 Å². The molecule has 0 radical (unpaired) electrons. The van der Waals surface area contributed by atoms with Crippen molar-refractivity contribution in [2.75, 3.05) is 0 Å². The molecule has 1 aliphatic heterocycles. The van der Waals surface area contributed by atoms with Crippen LogP contribution in [0.4, 0.5) is 4.39 Å². The molecule has 17 heavy (non-hydrogen) atoms. The second-order valence-corrected chi connectivity index (χ2v) is 4.63. The molecular weight excluding hydrogens is 245 g/mol. The minimum absolute atomic E-state index is 0.0513. The standard InChI is InChI=1S/C12H13ClFNO2/c13-11-7(2-1-3-9(11)14)6-8-4-5-10(15-8)12(16)17/h1-3,8,10,15H,4-6H2,(H,16,17). The molecule has 0 saturated carbocycles.